The molecule has 2 N–H and O–H groups in total. The van der Waals surface area contributed by atoms with Crippen LogP contribution < -0.4 is 15.4 Å². The van der Waals surface area contributed by atoms with Crippen LogP contribution in [-0.4, -0.2) is 73.0 Å². The fraction of sp³-hybridized carbons (Fsp3) is 0.520. The Labute approximate surface area is 375 Å². The number of halogens is 2. The molecule has 0 radical (unpaired) electrons. The van der Waals surface area contributed by atoms with Crippen LogP contribution in [0.4, 0.5) is 10.1 Å². The van der Waals surface area contributed by atoms with Crippen LogP contribution in [0.5, 0.6) is 5.88 Å². The van der Waals surface area contributed by atoms with Crippen LogP contribution in [0.15, 0.2) is 60.6 Å². The number of pyridine rings is 1. The van der Waals surface area contributed by atoms with Gasteiger partial charge in [-0.3, -0.25) is 19.3 Å². The normalized spacial score (nSPS) is 14.5. The molecule has 2 heterocycles. The molecular formula is C50H71ClFN5O5. The second-order valence-electron chi connectivity index (χ2n) is 16.5. The number of nitrogens with one attached hydrogen (secondary N) is 2. The summed E-state index contributed by atoms with van der Waals surface area (Å²) < 4.78 is 25.6. The zero-order valence-electron chi connectivity index (χ0n) is 39.3. The summed E-state index contributed by atoms with van der Waals surface area (Å²) >= 11 is 6.87. The lowest BCUT2D eigenvalue weighted by molar-refractivity contribution is -0.129. The number of amides is 3. The molecule has 0 saturated heterocycles. The lowest BCUT2D eigenvalue weighted by atomic mass is 9.84. The quantitative estimate of drug-likeness (QED) is 0.138. The van der Waals surface area contributed by atoms with Crippen molar-refractivity contribution in [2.24, 2.45) is 11.8 Å². The SMILES string of the molecule is C=C1N(C)C=C(C(=O)Nc2cccc(-c3c(F)ccc(-c4cc5c(c(OC)n4)CCC5)c3Cl)c2C)C(=O)N1C.CCC(C)CCC(CC)(CC)NC(=O)C(C)CC.CCCOC. The molecule has 10 nitrogen and oxygen atoms in total. The van der Waals surface area contributed by atoms with Crippen LogP contribution in [0.25, 0.3) is 22.4 Å². The van der Waals surface area contributed by atoms with E-state index in [2.05, 4.69) is 63.7 Å². The minimum Gasteiger partial charge on any atom is -0.481 e. The first kappa shape index (κ1) is 51.6. The van der Waals surface area contributed by atoms with Crippen LogP contribution in [-0.2, 0) is 32.0 Å². The number of aryl methyl sites for hydroxylation is 1. The van der Waals surface area contributed by atoms with Crippen molar-refractivity contribution in [1.29, 1.82) is 0 Å². The highest BCUT2D eigenvalue weighted by molar-refractivity contribution is 6.36. The van der Waals surface area contributed by atoms with Gasteiger partial charge in [-0.2, -0.15) is 0 Å². The molecule has 3 aromatic rings. The molecule has 0 saturated carbocycles. The zero-order valence-corrected chi connectivity index (χ0v) is 40.1. The van der Waals surface area contributed by atoms with E-state index in [-0.39, 0.29) is 33.5 Å². The lowest BCUT2D eigenvalue weighted by Gasteiger charge is -2.35. The number of anilines is 1. The summed E-state index contributed by atoms with van der Waals surface area (Å²) in [5, 5.41) is 6.33. The highest BCUT2D eigenvalue weighted by Gasteiger charge is 2.31. The maximum absolute atomic E-state index is 15.3. The molecule has 2 atom stereocenters. The molecule has 1 aliphatic carbocycles. The monoisotopic (exact) mass is 876 g/mol. The van der Waals surface area contributed by atoms with E-state index in [9.17, 15) is 14.4 Å². The van der Waals surface area contributed by atoms with Crippen molar-refractivity contribution in [2.75, 3.05) is 40.2 Å². The largest absolute Gasteiger partial charge is 0.481 e. The van der Waals surface area contributed by atoms with Crippen LogP contribution in [0.3, 0.4) is 0 Å². The molecule has 3 amide bonds. The average Bonchev–Trinajstić information content (AvgIpc) is 3.76. The van der Waals surface area contributed by atoms with Crippen molar-refractivity contribution in [1.82, 2.24) is 20.1 Å². The molecule has 340 valence electrons. The zero-order chi connectivity index (χ0) is 46.3. The number of likely N-dealkylation sites (N-methyl/N-ethyl adjacent to an activating group) is 1. The Kier molecular flexibility index (Phi) is 20.1. The Morgan fingerprint density at radius 3 is 2.29 bits per heavy atom. The highest BCUT2D eigenvalue weighted by atomic mass is 35.5. The number of hydrogen-bond donors (Lipinski definition) is 2. The summed E-state index contributed by atoms with van der Waals surface area (Å²) in [6, 6.07) is 10.1. The van der Waals surface area contributed by atoms with Crippen molar-refractivity contribution in [3.63, 3.8) is 0 Å². The maximum atomic E-state index is 15.3. The van der Waals surface area contributed by atoms with E-state index in [1.807, 2.05) is 13.0 Å². The van der Waals surface area contributed by atoms with Crippen molar-refractivity contribution >= 4 is 35.0 Å². The number of carbonyl (C=O) groups is 3. The molecule has 1 aliphatic heterocycles. The first-order chi connectivity index (χ1) is 29.5. The van der Waals surface area contributed by atoms with Crippen LogP contribution >= 0.6 is 11.6 Å². The van der Waals surface area contributed by atoms with Gasteiger partial charge in [0, 0.05) is 67.8 Å². The van der Waals surface area contributed by atoms with Gasteiger partial charge >= 0.3 is 0 Å². The van der Waals surface area contributed by atoms with Crippen LogP contribution in [0.2, 0.25) is 5.02 Å². The van der Waals surface area contributed by atoms with E-state index < -0.39 is 17.6 Å². The van der Waals surface area contributed by atoms with Gasteiger partial charge in [0.05, 0.1) is 17.8 Å². The molecule has 5 rings (SSSR count). The number of aromatic nitrogens is 1. The highest BCUT2D eigenvalue weighted by Crippen LogP contribution is 2.42. The third-order valence-corrected chi connectivity index (χ3v) is 12.8. The first-order valence-electron chi connectivity index (χ1n) is 22.2. The average molecular weight is 877 g/mol. The molecule has 1 aromatic heterocycles. The third kappa shape index (κ3) is 12.7. The number of benzene rings is 2. The van der Waals surface area contributed by atoms with Crippen molar-refractivity contribution in [2.45, 2.75) is 125 Å². The van der Waals surface area contributed by atoms with E-state index in [0.717, 1.165) is 75.0 Å². The van der Waals surface area contributed by atoms with Crippen molar-refractivity contribution in [3.8, 4) is 28.3 Å². The van der Waals surface area contributed by atoms with Crippen molar-refractivity contribution in [3.05, 3.63) is 88.1 Å². The van der Waals surface area contributed by atoms with E-state index in [1.165, 1.54) is 30.0 Å². The molecule has 62 heavy (non-hydrogen) atoms. The van der Waals surface area contributed by atoms with Gasteiger partial charge in [0.2, 0.25) is 11.8 Å². The summed E-state index contributed by atoms with van der Waals surface area (Å²) in [6.45, 7) is 21.6. The van der Waals surface area contributed by atoms with Gasteiger partial charge in [0.1, 0.15) is 17.2 Å². The van der Waals surface area contributed by atoms with Gasteiger partial charge in [0.15, 0.2) is 0 Å². The third-order valence-electron chi connectivity index (χ3n) is 12.4. The number of ether oxygens (including phenoxy) is 2. The Morgan fingerprint density at radius 2 is 1.71 bits per heavy atom. The van der Waals surface area contributed by atoms with E-state index in [4.69, 9.17) is 21.1 Å². The topological polar surface area (TPSA) is 113 Å². The smallest absolute Gasteiger partial charge is 0.266 e. The summed E-state index contributed by atoms with van der Waals surface area (Å²) in [4.78, 5) is 45.5. The van der Waals surface area contributed by atoms with Crippen LogP contribution in [0.1, 0.15) is 117 Å². The molecule has 0 fully saturated rings. The summed E-state index contributed by atoms with van der Waals surface area (Å²) in [6.07, 6.45) is 11.9. The van der Waals surface area contributed by atoms with E-state index >= 15 is 4.39 Å². The van der Waals surface area contributed by atoms with Crippen LogP contribution in [0, 0.1) is 24.6 Å². The molecule has 2 aliphatic rings. The van der Waals surface area contributed by atoms with Gasteiger partial charge in [-0.25, -0.2) is 9.37 Å². The van der Waals surface area contributed by atoms with Gasteiger partial charge in [-0.05, 0) is 112 Å². The fourth-order valence-electron chi connectivity index (χ4n) is 7.44. The lowest BCUT2D eigenvalue weighted by Crippen LogP contribution is -2.49. The number of methoxy groups -OCH3 is 2. The number of nitrogens with zero attached hydrogens (tertiary/aromatic N) is 3. The minimum atomic E-state index is -0.582. The fourth-order valence-corrected chi connectivity index (χ4v) is 7.79. The van der Waals surface area contributed by atoms with Gasteiger partial charge < -0.3 is 25.0 Å². The molecule has 2 aromatic carbocycles. The molecular weight excluding hydrogens is 805 g/mol. The van der Waals surface area contributed by atoms with Gasteiger partial charge in [-0.15, -0.1) is 0 Å². The Bertz CT molecular complexity index is 2060. The predicted octanol–water partition coefficient (Wildman–Crippen LogP) is 11.3. The van der Waals surface area contributed by atoms with E-state index in [1.54, 1.807) is 64.4 Å². The molecule has 0 spiro atoms. The summed E-state index contributed by atoms with van der Waals surface area (Å²) in [5.41, 5.74) is 5.17. The number of hydrogen-bond acceptors (Lipinski definition) is 7. The number of carbonyl (C=O) groups excluding carboxylic acids is 3. The second kappa shape index (κ2) is 24.2. The number of rotatable bonds is 16. The molecule has 12 heteroatoms. The first-order valence-corrected chi connectivity index (χ1v) is 22.5. The van der Waals surface area contributed by atoms with Crippen molar-refractivity contribution < 1.29 is 28.2 Å². The summed E-state index contributed by atoms with van der Waals surface area (Å²) in [7, 11) is 6.56. The summed E-state index contributed by atoms with van der Waals surface area (Å²) in [5.74, 6) is 0.573. The maximum Gasteiger partial charge on any atom is 0.266 e. The minimum absolute atomic E-state index is 0.0178. The number of fused-ring (bicyclic) bond motifs is 1. The Hall–Kier alpha value is -4.74. The predicted molar refractivity (Wildman–Crippen MR) is 252 cm³/mol. The molecule has 2 unspecified atom stereocenters. The van der Waals surface area contributed by atoms with Gasteiger partial charge in [-0.1, -0.05) is 85.2 Å². The Balaban J connectivity index is 0.000000372. The molecule has 0 bridgehead atoms. The standard InChI is InChI=1S/C30H28ClFN4O3.C16H33NO.C4H10O/c1-16-19(9-7-11-24(16)33-28(37)22-15-35(3)17(2)36(4)30(22)38)26-23(32)13-12-21(27(26)31)25-14-18-8-6-10-20(18)29(34-25)39-5;1-7-13(5)11-12-16(9-3,10-4)17-15(18)14(6)8-2;1-3-4-5-2/h7,9,11-15H,2,6,8,10H2,1,3-5H3,(H,33,37);13-14H,7-12H2,1-6H3,(H,17,18);3-4H2,1-2H3. The van der Waals surface area contributed by atoms with Gasteiger partial charge in [0.25, 0.3) is 11.8 Å². The second-order valence-corrected chi connectivity index (χ2v) is 16.9. The Morgan fingerprint density at radius 1 is 1.02 bits per heavy atom. The van der Waals surface area contributed by atoms with E-state index in [0.29, 0.717) is 39.8 Å².